The summed E-state index contributed by atoms with van der Waals surface area (Å²) < 4.78 is 20.3. The van der Waals surface area contributed by atoms with Gasteiger partial charge < -0.3 is 14.5 Å². The van der Waals surface area contributed by atoms with Gasteiger partial charge in [-0.2, -0.15) is 4.68 Å². The maximum atomic E-state index is 13.6. The van der Waals surface area contributed by atoms with E-state index in [0.29, 0.717) is 50.8 Å². The van der Waals surface area contributed by atoms with Gasteiger partial charge in [0.05, 0.1) is 25.3 Å². The van der Waals surface area contributed by atoms with Crippen molar-refractivity contribution >= 4 is 17.5 Å². The fourth-order valence-corrected chi connectivity index (χ4v) is 4.58. The maximum Gasteiger partial charge on any atom is 0.228 e. The third-order valence-electron chi connectivity index (χ3n) is 6.49. The second kappa shape index (κ2) is 9.79. The van der Waals surface area contributed by atoms with E-state index in [0.717, 1.165) is 11.4 Å². The third-order valence-corrected chi connectivity index (χ3v) is 6.49. The molecule has 0 radical (unpaired) electrons. The van der Waals surface area contributed by atoms with Crippen LogP contribution in [0.15, 0.2) is 48.5 Å². The summed E-state index contributed by atoms with van der Waals surface area (Å²) in [5.74, 6) is 0.584. The molecule has 0 N–H and O–H groups in total. The average molecular weight is 480 g/mol. The van der Waals surface area contributed by atoms with Gasteiger partial charge in [-0.15, -0.1) is 5.10 Å². The van der Waals surface area contributed by atoms with E-state index >= 15 is 0 Å². The molecule has 1 unspecified atom stereocenters. The molecule has 2 amide bonds. The molecule has 0 spiro atoms. The highest BCUT2D eigenvalue weighted by molar-refractivity contribution is 6.00. The number of carbonyl (C=O) groups is 2. The second-order valence-electron chi connectivity index (χ2n) is 8.69. The lowest BCUT2D eigenvalue weighted by atomic mass is 10.1. The van der Waals surface area contributed by atoms with Crippen molar-refractivity contribution in [2.45, 2.75) is 13.0 Å². The van der Waals surface area contributed by atoms with Crippen LogP contribution in [0.25, 0.3) is 5.69 Å². The normalized spacial score (nSPS) is 18.8. The summed E-state index contributed by atoms with van der Waals surface area (Å²) in [6, 6.07) is 13.4. The zero-order valence-corrected chi connectivity index (χ0v) is 19.4. The Morgan fingerprint density at radius 3 is 2.57 bits per heavy atom. The van der Waals surface area contributed by atoms with Gasteiger partial charge in [0.25, 0.3) is 0 Å². The highest BCUT2D eigenvalue weighted by atomic mass is 19.1. The Bertz CT molecular complexity index is 1210. The van der Waals surface area contributed by atoms with Gasteiger partial charge >= 0.3 is 0 Å². The van der Waals surface area contributed by atoms with Crippen LogP contribution in [0, 0.1) is 11.7 Å². The Morgan fingerprint density at radius 2 is 1.86 bits per heavy atom. The van der Waals surface area contributed by atoms with Crippen molar-refractivity contribution in [3.05, 3.63) is 60.2 Å². The molecule has 11 heteroatoms. The van der Waals surface area contributed by atoms with Crippen LogP contribution in [0.2, 0.25) is 0 Å². The molecule has 1 aromatic heterocycles. The van der Waals surface area contributed by atoms with E-state index in [1.165, 1.54) is 16.8 Å². The summed E-state index contributed by atoms with van der Waals surface area (Å²) in [6.07, 6.45) is 0.216. The van der Waals surface area contributed by atoms with Gasteiger partial charge in [0.15, 0.2) is 5.82 Å². The van der Waals surface area contributed by atoms with Crippen molar-refractivity contribution in [3.8, 4) is 11.4 Å². The number of hydrogen-bond acceptors (Lipinski definition) is 7. The van der Waals surface area contributed by atoms with Crippen LogP contribution in [-0.2, 0) is 16.1 Å². The number of tetrazole rings is 1. The van der Waals surface area contributed by atoms with Crippen LogP contribution in [0.4, 0.5) is 10.1 Å². The van der Waals surface area contributed by atoms with Crippen LogP contribution in [-0.4, -0.2) is 81.7 Å². The van der Waals surface area contributed by atoms with Crippen LogP contribution < -0.4 is 9.64 Å². The maximum absolute atomic E-state index is 13.6. The van der Waals surface area contributed by atoms with E-state index in [2.05, 4.69) is 20.4 Å². The number of anilines is 1. The number of halogens is 1. The number of aromatic nitrogens is 4. The van der Waals surface area contributed by atoms with Gasteiger partial charge in [-0.25, -0.2) is 4.39 Å². The molecule has 182 valence electrons. The molecule has 2 aliphatic rings. The first-order chi connectivity index (χ1) is 17.0. The molecular weight excluding hydrogens is 453 g/mol. The van der Waals surface area contributed by atoms with Gasteiger partial charge in [0.2, 0.25) is 11.8 Å². The Hall–Kier alpha value is -3.86. The zero-order chi connectivity index (χ0) is 24.4. The molecule has 0 aliphatic carbocycles. The van der Waals surface area contributed by atoms with Crippen molar-refractivity contribution < 1.29 is 18.7 Å². The first-order valence-corrected chi connectivity index (χ1v) is 11.5. The van der Waals surface area contributed by atoms with Crippen LogP contribution in [0.5, 0.6) is 5.75 Å². The molecule has 5 rings (SSSR count). The average Bonchev–Trinajstić information content (AvgIpc) is 3.50. The number of benzene rings is 2. The smallest absolute Gasteiger partial charge is 0.228 e. The Balaban J connectivity index is 1.16. The summed E-state index contributed by atoms with van der Waals surface area (Å²) in [7, 11) is 1.59. The number of methoxy groups -OCH3 is 1. The van der Waals surface area contributed by atoms with Crippen LogP contribution in [0.1, 0.15) is 12.2 Å². The number of amides is 2. The van der Waals surface area contributed by atoms with Crippen molar-refractivity contribution in [2.24, 2.45) is 5.92 Å². The monoisotopic (exact) mass is 479 g/mol. The van der Waals surface area contributed by atoms with E-state index in [9.17, 15) is 14.0 Å². The lowest BCUT2D eigenvalue weighted by Crippen LogP contribution is -2.50. The minimum absolute atomic E-state index is 0.0126. The fourth-order valence-electron chi connectivity index (χ4n) is 4.58. The van der Waals surface area contributed by atoms with E-state index in [1.54, 1.807) is 24.1 Å². The largest absolute Gasteiger partial charge is 0.497 e. The number of hydrogen-bond donors (Lipinski definition) is 0. The number of carbonyl (C=O) groups excluding carboxylic acids is 2. The first-order valence-electron chi connectivity index (χ1n) is 11.5. The topological polar surface area (TPSA) is 96.7 Å². The summed E-state index contributed by atoms with van der Waals surface area (Å²) in [5, 5.41) is 11.8. The molecular formula is C24H26FN7O3. The molecule has 3 aromatic rings. The predicted octanol–water partition coefficient (Wildman–Crippen LogP) is 1.51. The Morgan fingerprint density at radius 1 is 1.09 bits per heavy atom. The minimum Gasteiger partial charge on any atom is -0.497 e. The number of ether oxygens (including phenoxy) is 1. The zero-order valence-electron chi connectivity index (χ0n) is 19.4. The fraction of sp³-hybridized carbons (Fsp3) is 0.375. The molecule has 2 saturated heterocycles. The Kier molecular flexibility index (Phi) is 6.41. The van der Waals surface area contributed by atoms with E-state index in [1.807, 2.05) is 29.2 Å². The molecule has 3 heterocycles. The van der Waals surface area contributed by atoms with Gasteiger partial charge in [-0.3, -0.25) is 14.5 Å². The molecule has 35 heavy (non-hydrogen) atoms. The quantitative estimate of drug-likeness (QED) is 0.529. The molecule has 0 bridgehead atoms. The van der Waals surface area contributed by atoms with Crippen LogP contribution in [0.3, 0.4) is 0 Å². The minimum atomic E-state index is -0.355. The molecule has 10 nitrogen and oxygen atoms in total. The summed E-state index contributed by atoms with van der Waals surface area (Å²) in [5.41, 5.74) is 1.33. The highest BCUT2D eigenvalue weighted by Gasteiger charge is 2.38. The number of piperazine rings is 1. The second-order valence-corrected chi connectivity index (χ2v) is 8.69. The molecule has 2 aromatic carbocycles. The summed E-state index contributed by atoms with van der Waals surface area (Å²) >= 11 is 0. The highest BCUT2D eigenvalue weighted by Crippen LogP contribution is 2.28. The third kappa shape index (κ3) is 4.85. The summed E-state index contributed by atoms with van der Waals surface area (Å²) in [6.45, 7) is 3.31. The first kappa shape index (κ1) is 22.9. The summed E-state index contributed by atoms with van der Waals surface area (Å²) in [4.78, 5) is 31.4. The van der Waals surface area contributed by atoms with E-state index in [-0.39, 0.29) is 30.0 Å². The van der Waals surface area contributed by atoms with Crippen molar-refractivity contribution in [2.75, 3.05) is 44.7 Å². The van der Waals surface area contributed by atoms with Gasteiger partial charge in [0, 0.05) is 44.8 Å². The van der Waals surface area contributed by atoms with Crippen molar-refractivity contribution in [3.63, 3.8) is 0 Å². The Labute approximate surface area is 201 Å². The van der Waals surface area contributed by atoms with Crippen LogP contribution >= 0.6 is 0 Å². The van der Waals surface area contributed by atoms with E-state index in [4.69, 9.17) is 4.74 Å². The standard InChI is InChI=1S/C24H26FN7O3/c1-35-21-7-5-19(6-8-21)31-15-17(13-23(31)33)24(34)30-11-9-29(10-12-30)16-22-26-27-28-32(22)20-4-2-3-18(25)14-20/h2-8,14,17H,9-13,15-16H2,1H3. The molecule has 1 atom stereocenters. The van der Waals surface area contributed by atoms with E-state index < -0.39 is 0 Å². The lowest BCUT2D eigenvalue weighted by molar-refractivity contribution is -0.137. The number of rotatable bonds is 6. The van der Waals surface area contributed by atoms with Crippen molar-refractivity contribution in [1.82, 2.24) is 30.0 Å². The van der Waals surface area contributed by atoms with Crippen molar-refractivity contribution in [1.29, 1.82) is 0 Å². The molecule has 2 fully saturated rings. The number of nitrogens with zero attached hydrogens (tertiary/aromatic N) is 7. The predicted molar refractivity (Wildman–Crippen MR) is 124 cm³/mol. The molecule has 2 aliphatic heterocycles. The van der Waals surface area contributed by atoms with Gasteiger partial charge in [0.1, 0.15) is 11.6 Å². The SMILES string of the molecule is COc1ccc(N2CC(C(=O)N3CCN(Cc4nnnn4-c4cccc(F)c4)CC3)CC2=O)cc1. The molecule has 0 saturated carbocycles. The van der Waals surface area contributed by atoms with Gasteiger partial charge in [-0.05, 0) is 52.9 Å². The lowest BCUT2D eigenvalue weighted by Gasteiger charge is -2.35. The van der Waals surface area contributed by atoms with Gasteiger partial charge in [-0.1, -0.05) is 6.07 Å².